The number of nitrogens with one attached hydrogen (secondary N) is 1. The van der Waals surface area contributed by atoms with Gasteiger partial charge in [-0.3, -0.25) is 4.79 Å². The Labute approximate surface area is 79.8 Å². The maximum absolute atomic E-state index is 11.2. The Morgan fingerprint density at radius 2 is 2.15 bits per heavy atom. The molecule has 1 saturated carbocycles. The number of ether oxygens (including phenoxy) is 1. The Kier molecular flexibility index (Phi) is 3.72. The summed E-state index contributed by atoms with van der Waals surface area (Å²) in [6.45, 7) is 4.26. The maximum Gasteiger partial charge on any atom is 0.308 e. The van der Waals surface area contributed by atoms with Gasteiger partial charge in [0.05, 0.1) is 13.0 Å². The molecule has 1 fully saturated rings. The predicted molar refractivity (Wildman–Crippen MR) is 51.4 cm³/mol. The zero-order chi connectivity index (χ0) is 9.84. The van der Waals surface area contributed by atoms with E-state index in [2.05, 4.69) is 19.2 Å². The van der Waals surface area contributed by atoms with Crippen LogP contribution in [0.2, 0.25) is 0 Å². The standard InChI is InChI=1S/C10H19NO2/c1-7(2)11-9-5-4-8(6-9)10(12)13-3/h7-9,11H,4-6H2,1-3H3/t8-,9+/m0/s1. The summed E-state index contributed by atoms with van der Waals surface area (Å²) in [5, 5.41) is 3.44. The Morgan fingerprint density at radius 3 is 2.69 bits per heavy atom. The van der Waals surface area contributed by atoms with E-state index >= 15 is 0 Å². The lowest BCUT2D eigenvalue weighted by molar-refractivity contribution is -0.145. The highest BCUT2D eigenvalue weighted by Crippen LogP contribution is 2.26. The zero-order valence-corrected chi connectivity index (χ0v) is 8.67. The summed E-state index contributed by atoms with van der Waals surface area (Å²) < 4.78 is 4.72. The lowest BCUT2D eigenvalue weighted by Crippen LogP contribution is -2.33. The molecular formula is C10H19NO2. The third kappa shape index (κ3) is 2.99. The highest BCUT2D eigenvalue weighted by Gasteiger charge is 2.30. The van der Waals surface area contributed by atoms with E-state index < -0.39 is 0 Å². The molecule has 1 aliphatic carbocycles. The first-order chi connectivity index (χ1) is 6.13. The molecule has 0 aromatic rings. The molecule has 3 nitrogen and oxygen atoms in total. The van der Waals surface area contributed by atoms with Gasteiger partial charge in [0.1, 0.15) is 0 Å². The lowest BCUT2D eigenvalue weighted by Gasteiger charge is -2.15. The molecule has 0 heterocycles. The number of rotatable bonds is 3. The second-order valence-corrected chi connectivity index (χ2v) is 4.05. The Hall–Kier alpha value is -0.570. The predicted octanol–water partition coefficient (Wildman–Crippen LogP) is 1.33. The molecule has 0 aromatic carbocycles. The summed E-state index contributed by atoms with van der Waals surface area (Å²) in [5.41, 5.74) is 0. The van der Waals surface area contributed by atoms with Gasteiger partial charge in [-0.2, -0.15) is 0 Å². The molecular weight excluding hydrogens is 166 g/mol. The fourth-order valence-electron chi connectivity index (χ4n) is 1.99. The molecule has 0 bridgehead atoms. The molecule has 0 saturated heterocycles. The van der Waals surface area contributed by atoms with Gasteiger partial charge >= 0.3 is 5.97 Å². The lowest BCUT2D eigenvalue weighted by atomic mass is 10.1. The molecule has 0 unspecified atom stereocenters. The molecule has 0 spiro atoms. The van der Waals surface area contributed by atoms with Crippen LogP contribution in [0.5, 0.6) is 0 Å². The van der Waals surface area contributed by atoms with Crippen LogP contribution >= 0.6 is 0 Å². The molecule has 13 heavy (non-hydrogen) atoms. The second-order valence-electron chi connectivity index (χ2n) is 4.05. The average molecular weight is 185 g/mol. The van der Waals surface area contributed by atoms with Crippen LogP contribution in [0.4, 0.5) is 0 Å². The molecule has 76 valence electrons. The second kappa shape index (κ2) is 4.61. The molecule has 0 aliphatic heterocycles. The Morgan fingerprint density at radius 1 is 1.46 bits per heavy atom. The zero-order valence-electron chi connectivity index (χ0n) is 8.67. The fraction of sp³-hybridized carbons (Fsp3) is 0.900. The summed E-state index contributed by atoms with van der Waals surface area (Å²) >= 11 is 0. The molecule has 0 amide bonds. The Bertz CT molecular complexity index is 180. The number of carbonyl (C=O) groups is 1. The number of hydrogen-bond donors (Lipinski definition) is 1. The monoisotopic (exact) mass is 185 g/mol. The average Bonchev–Trinajstić information content (AvgIpc) is 2.50. The van der Waals surface area contributed by atoms with E-state index in [1.807, 2.05) is 0 Å². The van der Waals surface area contributed by atoms with Crippen molar-refractivity contribution in [3.05, 3.63) is 0 Å². The third-order valence-corrected chi connectivity index (χ3v) is 2.54. The van der Waals surface area contributed by atoms with Gasteiger partial charge in [0, 0.05) is 12.1 Å². The summed E-state index contributed by atoms with van der Waals surface area (Å²) in [5.74, 6) is 0.0781. The van der Waals surface area contributed by atoms with Gasteiger partial charge < -0.3 is 10.1 Å². The Balaban J connectivity index is 2.32. The van der Waals surface area contributed by atoms with Crippen LogP contribution < -0.4 is 5.32 Å². The summed E-state index contributed by atoms with van der Waals surface area (Å²) in [7, 11) is 1.46. The van der Waals surface area contributed by atoms with Gasteiger partial charge in [-0.25, -0.2) is 0 Å². The van der Waals surface area contributed by atoms with Crippen molar-refractivity contribution < 1.29 is 9.53 Å². The van der Waals surface area contributed by atoms with Crippen LogP contribution in [0.3, 0.4) is 0 Å². The molecule has 2 atom stereocenters. The van der Waals surface area contributed by atoms with Crippen LogP contribution in [0.25, 0.3) is 0 Å². The van der Waals surface area contributed by atoms with Crippen molar-refractivity contribution >= 4 is 5.97 Å². The van der Waals surface area contributed by atoms with Crippen LogP contribution in [0.1, 0.15) is 33.1 Å². The summed E-state index contributed by atoms with van der Waals surface area (Å²) in [6.07, 6.45) is 3.00. The number of methoxy groups -OCH3 is 1. The third-order valence-electron chi connectivity index (χ3n) is 2.54. The molecule has 1 N–H and O–H groups in total. The maximum atomic E-state index is 11.2. The van der Waals surface area contributed by atoms with E-state index in [1.165, 1.54) is 7.11 Å². The number of esters is 1. The quantitative estimate of drug-likeness (QED) is 0.674. The topological polar surface area (TPSA) is 38.3 Å². The molecule has 0 radical (unpaired) electrons. The summed E-state index contributed by atoms with van der Waals surface area (Å²) in [4.78, 5) is 11.2. The van der Waals surface area contributed by atoms with Crippen LogP contribution in [0, 0.1) is 5.92 Å². The van der Waals surface area contributed by atoms with Crippen molar-refractivity contribution in [1.29, 1.82) is 0 Å². The van der Waals surface area contributed by atoms with Crippen molar-refractivity contribution in [2.45, 2.75) is 45.2 Å². The van der Waals surface area contributed by atoms with Crippen LogP contribution in [0.15, 0.2) is 0 Å². The van der Waals surface area contributed by atoms with E-state index in [4.69, 9.17) is 4.74 Å². The first kappa shape index (κ1) is 10.5. The van der Waals surface area contributed by atoms with Crippen LogP contribution in [-0.2, 0) is 9.53 Å². The number of hydrogen-bond acceptors (Lipinski definition) is 3. The number of carbonyl (C=O) groups excluding carboxylic acids is 1. The first-order valence-corrected chi connectivity index (χ1v) is 4.97. The van der Waals surface area contributed by atoms with E-state index in [-0.39, 0.29) is 11.9 Å². The normalized spacial score (nSPS) is 28.0. The van der Waals surface area contributed by atoms with Gasteiger partial charge in [-0.05, 0) is 19.3 Å². The minimum atomic E-state index is -0.0481. The first-order valence-electron chi connectivity index (χ1n) is 4.97. The largest absolute Gasteiger partial charge is 0.469 e. The van der Waals surface area contributed by atoms with E-state index in [1.54, 1.807) is 0 Å². The van der Waals surface area contributed by atoms with E-state index in [0.717, 1.165) is 19.3 Å². The fourth-order valence-corrected chi connectivity index (χ4v) is 1.99. The molecule has 1 aliphatic rings. The van der Waals surface area contributed by atoms with Crippen molar-refractivity contribution in [2.24, 2.45) is 5.92 Å². The van der Waals surface area contributed by atoms with Gasteiger partial charge in [0.15, 0.2) is 0 Å². The van der Waals surface area contributed by atoms with Gasteiger partial charge in [-0.15, -0.1) is 0 Å². The van der Waals surface area contributed by atoms with E-state index in [0.29, 0.717) is 12.1 Å². The highest BCUT2D eigenvalue weighted by molar-refractivity contribution is 5.72. The highest BCUT2D eigenvalue weighted by atomic mass is 16.5. The van der Waals surface area contributed by atoms with Crippen molar-refractivity contribution in [2.75, 3.05) is 7.11 Å². The van der Waals surface area contributed by atoms with Crippen molar-refractivity contribution in [3.8, 4) is 0 Å². The minimum absolute atomic E-state index is 0.0481. The van der Waals surface area contributed by atoms with E-state index in [9.17, 15) is 4.79 Å². The van der Waals surface area contributed by atoms with Gasteiger partial charge in [0.25, 0.3) is 0 Å². The van der Waals surface area contributed by atoms with Crippen molar-refractivity contribution in [3.63, 3.8) is 0 Å². The SMILES string of the molecule is COC(=O)[C@H]1CC[C@@H](NC(C)C)C1. The minimum Gasteiger partial charge on any atom is -0.469 e. The summed E-state index contributed by atoms with van der Waals surface area (Å²) in [6, 6.07) is 1.01. The van der Waals surface area contributed by atoms with Gasteiger partial charge in [0.2, 0.25) is 0 Å². The van der Waals surface area contributed by atoms with Crippen molar-refractivity contribution in [1.82, 2.24) is 5.32 Å². The smallest absolute Gasteiger partial charge is 0.308 e. The molecule has 0 aromatic heterocycles. The van der Waals surface area contributed by atoms with Crippen LogP contribution in [-0.4, -0.2) is 25.2 Å². The van der Waals surface area contributed by atoms with Gasteiger partial charge in [-0.1, -0.05) is 13.8 Å². The molecule has 3 heteroatoms. The molecule has 1 rings (SSSR count).